The summed E-state index contributed by atoms with van der Waals surface area (Å²) in [6.45, 7) is 7.69. The van der Waals surface area contributed by atoms with Crippen molar-refractivity contribution in [2.75, 3.05) is 18.0 Å². The summed E-state index contributed by atoms with van der Waals surface area (Å²) in [6.07, 6.45) is 6.86. The molecule has 0 unspecified atom stereocenters. The van der Waals surface area contributed by atoms with E-state index in [9.17, 15) is 0 Å². The Bertz CT molecular complexity index is 376. The summed E-state index contributed by atoms with van der Waals surface area (Å²) in [7, 11) is 0. The second kappa shape index (κ2) is 9.56. The molecule has 2 nitrogen and oxygen atoms in total. The molecule has 3 heteroatoms. The van der Waals surface area contributed by atoms with Crippen molar-refractivity contribution in [1.82, 2.24) is 5.32 Å². The molecule has 0 amide bonds. The Morgan fingerprint density at radius 2 is 2.00 bits per heavy atom. The minimum atomic E-state index is 0.727. The van der Waals surface area contributed by atoms with E-state index in [2.05, 4.69) is 35.9 Å². The van der Waals surface area contributed by atoms with Crippen LogP contribution in [0.25, 0.3) is 0 Å². The maximum Gasteiger partial charge on any atom is 0.173 e. The zero-order chi connectivity index (χ0) is 13.9. The summed E-state index contributed by atoms with van der Waals surface area (Å²) in [6, 6.07) is 10.2. The van der Waals surface area contributed by atoms with E-state index in [1.54, 1.807) is 0 Å². The van der Waals surface area contributed by atoms with Crippen molar-refractivity contribution in [1.29, 1.82) is 0 Å². The Balaban J connectivity index is 2.47. The minimum absolute atomic E-state index is 0.727. The molecule has 1 rings (SSSR count). The highest BCUT2D eigenvalue weighted by Crippen LogP contribution is 2.13. The van der Waals surface area contributed by atoms with Crippen LogP contribution in [0.15, 0.2) is 43.0 Å². The molecule has 104 valence electrons. The summed E-state index contributed by atoms with van der Waals surface area (Å²) in [5, 5.41) is 4.11. The van der Waals surface area contributed by atoms with E-state index in [0.29, 0.717) is 0 Å². The van der Waals surface area contributed by atoms with E-state index < -0.39 is 0 Å². The summed E-state index contributed by atoms with van der Waals surface area (Å²) in [5.41, 5.74) is 1.11. The van der Waals surface area contributed by atoms with Crippen molar-refractivity contribution >= 4 is 23.0 Å². The van der Waals surface area contributed by atoms with Gasteiger partial charge in [0.15, 0.2) is 5.11 Å². The summed E-state index contributed by atoms with van der Waals surface area (Å²) >= 11 is 5.47. The SMILES string of the molecule is C=CCN(C(=S)NCCCCCC)c1ccccc1. The summed E-state index contributed by atoms with van der Waals surface area (Å²) < 4.78 is 0. The number of nitrogens with zero attached hydrogens (tertiary/aromatic N) is 1. The Morgan fingerprint density at radius 1 is 1.26 bits per heavy atom. The van der Waals surface area contributed by atoms with Gasteiger partial charge in [0.1, 0.15) is 0 Å². The highest BCUT2D eigenvalue weighted by atomic mass is 32.1. The predicted octanol–water partition coefficient (Wildman–Crippen LogP) is 4.13. The Kier molecular flexibility index (Phi) is 7.91. The summed E-state index contributed by atoms with van der Waals surface area (Å²) in [5.74, 6) is 0. The van der Waals surface area contributed by atoms with Crippen molar-refractivity contribution in [2.45, 2.75) is 32.6 Å². The molecule has 1 aromatic rings. The normalized spacial score (nSPS) is 9.95. The van der Waals surface area contributed by atoms with Gasteiger partial charge in [0.25, 0.3) is 0 Å². The first kappa shape index (κ1) is 15.7. The molecule has 0 heterocycles. The molecule has 0 aliphatic rings. The average Bonchev–Trinajstić information content (AvgIpc) is 2.45. The monoisotopic (exact) mass is 276 g/mol. The third-order valence-corrected chi connectivity index (χ3v) is 3.30. The van der Waals surface area contributed by atoms with Crippen molar-refractivity contribution in [3.05, 3.63) is 43.0 Å². The lowest BCUT2D eigenvalue weighted by atomic mass is 10.2. The van der Waals surface area contributed by atoms with Crippen LogP contribution in [0.5, 0.6) is 0 Å². The number of nitrogens with one attached hydrogen (secondary N) is 1. The zero-order valence-electron chi connectivity index (χ0n) is 11.8. The second-order valence-electron chi connectivity index (χ2n) is 4.53. The third kappa shape index (κ3) is 5.88. The van der Waals surface area contributed by atoms with Crippen LogP contribution in [0.3, 0.4) is 0 Å². The van der Waals surface area contributed by atoms with Crippen LogP contribution in [-0.2, 0) is 0 Å². The van der Waals surface area contributed by atoms with E-state index in [1.165, 1.54) is 25.7 Å². The van der Waals surface area contributed by atoms with E-state index in [0.717, 1.165) is 23.9 Å². The van der Waals surface area contributed by atoms with Gasteiger partial charge in [-0.3, -0.25) is 0 Å². The molecule has 0 bridgehead atoms. The van der Waals surface area contributed by atoms with Crippen LogP contribution in [0.1, 0.15) is 32.6 Å². The Labute approximate surface area is 122 Å². The lowest BCUT2D eigenvalue weighted by Crippen LogP contribution is -2.40. The molecular formula is C16H24N2S. The maximum absolute atomic E-state index is 5.47. The third-order valence-electron chi connectivity index (χ3n) is 2.93. The first-order chi connectivity index (χ1) is 9.29. The highest BCUT2D eigenvalue weighted by molar-refractivity contribution is 7.80. The van der Waals surface area contributed by atoms with E-state index >= 15 is 0 Å². The van der Waals surface area contributed by atoms with Crippen molar-refractivity contribution in [3.63, 3.8) is 0 Å². The molecule has 1 N–H and O–H groups in total. The van der Waals surface area contributed by atoms with Crippen LogP contribution < -0.4 is 10.2 Å². The fraction of sp³-hybridized carbons (Fsp3) is 0.438. The van der Waals surface area contributed by atoms with Gasteiger partial charge < -0.3 is 10.2 Å². The van der Waals surface area contributed by atoms with Crippen LogP contribution in [0.4, 0.5) is 5.69 Å². The molecule has 0 radical (unpaired) electrons. The molecular weight excluding hydrogens is 252 g/mol. The fourth-order valence-electron chi connectivity index (χ4n) is 1.89. The second-order valence-corrected chi connectivity index (χ2v) is 4.91. The molecule has 0 atom stereocenters. The summed E-state index contributed by atoms with van der Waals surface area (Å²) in [4.78, 5) is 2.07. The van der Waals surface area contributed by atoms with Gasteiger partial charge in [0.2, 0.25) is 0 Å². The minimum Gasteiger partial charge on any atom is -0.362 e. The topological polar surface area (TPSA) is 15.3 Å². The standard InChI is InChI=1S/C16H24N2S/c1-3-5-6-10-13-17-16(19)18(14-4-2)15-11-8-7-9-12-15/h4,7-9,11-12H,2-3,5-6,10,13-14H2,1H3,(H,17,19). The van der Waals surface area contributed by atoms with Crippen LogP contribution in [-0.4, -0.2) is 18.2 Å². The van der Waals surface area contributed by atoms with Crippen LogP contribution in [0.2, 0.25) is 0 Å². The molecule has 0 fully saturated rings. The molecule has 1 aromatic carbocycles. The number of hydrogen-bond acceptors (Lipinski definition) is 1. The number of unbranched alkanes of at least 4 members (excludes halogenated alkanes) is 3. The van der Waals surface area contributed by atoms with Gasteiger partial charge in [-0.1, -0.05) is 50.5 Å². The lowest BCUT2D eigenvalue weighted by molar-refractivity contribution is 0.653. The molecule has 19 heavy (non-hydrogen) atoms. The molecule has 0 aliphatic heterocycles. The number of rotatable bonds is 8. The van der Waals surface area contributed by atoms with Crippen molar-refractivity contribution in [2.24, 2.45) is 0 Å². The molecule has 0 spiro atoms. The first-order valence-electron chi connectivity index (χ1n) is 7.01. The van der Waals surface area contributed by atoms with Crippen LogP contribution in [0, 0.1) is 0 Å². The van der Waals surface area contributed by atoms with E-state index in [4.69, 9.17) is 12.2 Å². The number of anilines is 1. The average molecular weight is 276 g/mol. The van der Waals surface area contributed by atoms with Crippen molar-refractivity contribution < 1.29 is 0 Å². The molecule has 0 saturated heterocycles. The number of thiocarbonyl (C=S) groups is 1. The van der Waals surface area contributed by atoms with Gasteiger partial charge in [-0.15, -0.1) is 6.58 Å². The highest BCUT2D eigenvalue weighted by Gasteiger charge is 2.09. The lowest BCUT2D eigenvalue weighted by Gasteiger charge is -2.24. The Morgan fingerprint density at radius 3 is 2.63 bits per heavy atom. The number of para-hydroxylation sites is 1. The molecule has 0 aromatic heterocycles. The number of benzene rings is 1. The van der Waals surface area contributed by atoms with Crippen molar-refractivity contribution in [3.8, 4) is 0 Å². The van der Waals surface area contributed by atoms with Gasteiger partial charge in [0, 0.05) is 18.8 Å². The largest absolute Gasteiger partial charge is 0.362 e. The first-order valence-corrected chi connectivity index (χ1v) is 7.41. The fourth-order valence-corrected chi connectivity index (χ4v) is 2.17. The van der Waals surface area contributed by atoms with Gasteiger partial charge in [-0.25, -0.2) is 0 Å². The molecule has 0 aliphatic carbocycles. The zero-order valence-corrected chi connectivity index (χ0v) is 12.6. The predicted molar refractivity (Wildman–Crippen MR) is 88.7 cm³/mol. The van der Waals surface area contributed by atoms with E-state index in [1.807, 2.05) is 24.3 Å². The number of hydrogen-bond donors (Lipinski definition) is 1. The maximum atomic E-state index is 5.47. The van der Waals surface area contributed by atoms with Gasteiger partial charge in [0.05, 0.1) is 0 Å². The Hall–Kier alpha value is -1.35. The smallest absolute Gasteiger partial charge is 0.173 e. The van der Waals surface area contributed by atoms with Gasteiger partial charge >= 0.3 is 0 Å². The van der Waals surface area contributed by atoms with Crippen LogP contribution >= 0.6 is 12.2 Å². The van der Waals surface area contributed by atoms with E-state index in [-0.39, 0.29) is 0 Å². The van der Waals surface area contributed by atoms with Gasteiger partial charge in [-0.05, 0) is 30.8 Å². The van der Waals surface area contributed by atoms with Gasteiger partial charge in [-0.2, -0.15) is 0 Å². The quantitative estimate of drug-likeness (QED) is 0.436. The molecule has 0 saturated carbocycles.